The Morgan fingerprint density at radius 1 is 1.00 bits per heavy atom. The van der Waals surface area contributed by atoms with E-state index in [4.69, 9.17) is 5.73 Å². The highest BCUT2D eigenvalue weighted by Crippen LogP contribution is 2.44. The number of likely N-dealkylation sites (tertiary alicyclic amines) is 1. The SMILES string of the molecule is NCC1(N2CCCC3CCCC32)CCCC1. The Balaban J connectivity index is 1.81. The zero-order chi connectivity index (χ0) is 11.0. The van der Waals surface area contributed by atoms with E-state index in [9.17, 15) is 0 Å². The molecule has 92 valence electrons. The van der Waals surface area contributed by atoms with Gasteiger partial charge in [-0.2, -0.15) is 0 Å². The quantitative estimate of drug-likeness (QED) is 0.778. The van der Waals surface area contributed by atoms with Gasteiger partial charge < -0.3 is 5.73 Å². The molecular weight excluding hydrogens is 196 g/mol. The van der Waals surface area contributed by atoms with Crippen LogP contribution in [0.15, 0.2) is 0 Å². The lowest BCUT2D eigenvalue weighted by atomic mass is 9.85. The summed E-state index contributed by atoms with van der Waals surface area (Å²) in [5.74, 6) is 1.01. The summed E-state index contributed by atoms with van der Waals surface area (Å²) < 4.78 is 0. The maximum Gasteiger partial charge on any atom is 0.0334 e. The minimum absolute atomic E-state index is 0.410. The van der Waals surface area contributed by atoms with Crippen molar-refractivity contribution in [1.82, 2.24) is 4.90 Å². The molecule has 2 heteroatoms. The first kappa shape index (κ1) is 11.0. The van der Waals surface area contributed by atoms with Crippen molar-refractivity contribution >= 4 is 0 Å². The van der Waals surface area contributed by atoms with Crippen LogP contribution in [0.25, 0.3) is 0 Å². The van der Waals surface area contributed by atoms with Crippen LogP contribution in [-0.4, -0.2) is 29.6 Å². The zero-order valence-electron chi connectivity index (χ0n) is 10.5. The molecule has 0 aromatic heterocycles. The smallest absolute Gasteiger partial charge is 0.0334 e. The van der Waals surface area contributed by atoms with Gasteiger partial charge in [0.05, 0.1) is 0 Å². The van der Waals surface area contributed by atoms with Crippen molar-refractivity contribution in [3.8, 4) is 0 Å². The molecule has 0 radical (unpaired) electrons. The lowest BCUT2D eigenvalue weighted by Crippen LogP contribution is -2.59. The van der Waals surface area contributed by atoms with Crippen molar-refractivity contribution in [3.63, 3.8) is 0 Å². The molecule has 0 spiro atoms. The molecule has 2 saturated carbocycles. The van der Waals surface area contributed by atoms with Gasteiger partial charge in [-0.1, -0.05) is 19.3 Å². The average Bonchev–Trinajstić information content (AvgIpc) is 2.98. The number of rotatable bonds is 2. The van der Waals surface area contributed by atoms with Crippen LogP contribution in [-0.2, 0) is 0 Å². The molecule has 3 rings (SSSR count). The van der Waals surface area contributed by atoms with Crippen LogP contribution in [0.3, 0.4) is 0 Å². The summed E-state index contributed by atoms with van der Waals surface area (Å²) in [4.78, 5) is 2.86. The molecular formula is C14H26N2. The van der Waals surface area contributed by atoms with Crippen LogP contribution in [0.5, 0.6) is 0 Å². The van der Waals surface area contributed by atoms with Gasteiger partial charge in [-0.15, -0.1) is 0 Å². The summed E-state index contributed by atoms with van der Waals surface area (Å²) in [5, 5.41) is 0. The van der Waals surface area contributed by atoms with E-state index in [1.165, 1.54) is 64.3 Å². The Kier molecular flexibility index (Phi) is 2.97. The van der Waals surface area contributed by atoms with E-state index < -0.39 is 0 Å². The molecule has 2 atom stereocenters. The van der Waals surface area contributed by atoms with Crippen LogP contribution >= 0.6 is 0 Å². The normalized spacial score (nSPS) is 38.8. The topological polar surface area (TPSA) is 29.3 Å². The third-order valence-corrected chi connectivity index (χ3v) is 5.52. The second-order valence-electron chi connectivity index (χ2n) is 6.23. The Hall–Kier alpha value is -0.0800. The first-order valence-electron chi connectivity index (χ1n) is 7.33. The predicted octanol–water partition coefficient (Wildman–Crippen LogP) is 2.52. The zero-order valence-corrected chi connectivity index (χ0v) is 10.5. The fourth-order valence-electron chi connectivity index (χ4n) is 4.68. The highest BCUT2D eigenvalue weighted by Gasteiger charge is 2.46. The second kappa shape index (κ2) is 4.30. The fraction of sp³-hybridized carbons (Fsp3) is 1.00. The number of hydrogen-bond donors (Lipinski definition) is 1. The van der Waals surface area contributed by atoms with Crippen molar-refractivity contribution in [2.45, 2.75) is 69.4 Å². The van der Waals surface area contributed by atoms with Gasteiger partial charge in [0.15, 0.2) is 0 Å². The molecule has 0 aromatic rings. The molecule has 2 aliphatic carbocycles. The number of hydrogen-bond acceptors (Lipinski definition) is 2. The Labute approximate surface area is 99.6 Å². The van der Waals surface area contributed by atoms with Crippen molar-refractivity contribution in [3.05, 3.63) is 0 Å². The van der Waals surface area contributed by atoms with Gasteiger partial charge in [0.2, 0.25) is 0 Å². The number of nitrogens with two attached hydrogens (primary N) is 1. The van der Waals surface area contributed by atoms with Crippen molar-refractivity contribution in [2.24, 2.45) is 11.7 Å². The number of piperidine rings is 1. The second-order valence-corrected chi connectivity index (χ2v) is 6.23. The lowest BCUT2D eigenvalue weighted by molar-refractivity contribution is 0.00688. The summed E-state index contributed by atoms with van der Waals surface area (Å²) in [7, 11) is 0. The Morgan fingerprint density at radius 3 is 2.50 bits per heavy atom. The molecule has 1 saturated heterocycles. The maximum atomic E-state index is 6.14. The van der Waals surface area contributed by atoms with Crippen molar-refractivity contribution in [2.75, 3.05) is 13.1 Å². The summed E-state index contributed by atoms with van der Waals surface area (Å²) >= 11 is 0. The van der Waals surface area contributed by atoms with E-state index in [0.29, 0.717) is 5.54 Å². The number of fused-ring (bicyclic) bond motifs is 1. The number of nitrogens with zero attached hydrogens (tertiary/aromatic N) is 1. The third-order valence-electron chi connectivity index (χ3n) is 5.52. The highest BCUT2D eigenvalue weighted by molar-refractivity contribution is 5.02. The van der Waals surface area contributed by atoms with Gasteiger partial charge in [0.25, 0.3) is 0 Å². The summed E-state index contributed by atoms with van der Waals surface area (Å²) in [6.45, 7) is 2.23. The molecule has 2 N–H and O–H groups in total. The molecule has 3 aliphatic rings. The van der Waals surface area contributed by atoms with Crippen LogP contribution in [0.1, 0.15) is 57.8 Å². The molecule has 16 heavy (non-hydrogen) atoms. The molecule has 2 unspecified atom stereocenters. The molecule has 0 bridgehead atoms. The van der Waals surface area contributed by atoms with Crippen molar-refractivity contribution in [1.29, 1.82) is 0 Å². The molecule has 3 fully saturated rings. The van der Waals surface area contributed by atoms with Gasteiger partial charge in [0, 0.05) is 18.1 Å². The molecule has 0 amide bonds. The Morgan fingerprint density at radius 2 is 1.75 bits per heavy atom. The highest BCUT2D eigenvalue weighted by atomic mass is 15.3. The average molecular weight is 222 g/mol. The maximum absolute atomic E-state index is 6.14. The van der Waals surface area contributed by atoms with E-state index in [1.54, 1.807) is 0 Å². The first-order valence-corrected chi connectivity index (χ1v) is 7.33. The van der Waals surface area contributed by atoms with E-state index in [-0.39, 0.29) is 0 Å². The first-order chi connectivity index (χ1) is 7.86. The van der Waals surface area contributed by atoms with E-state index >= 15 is 0 Å². The van der Waals surface area contributed by atoms with E-state index in [0.717, 1.165) is 18.5 Å². The van der Waals surface area contributed by atoms with Crippen LogP contribution in [0, 0.1) is 5.92 Å². The minimum Gasteiger partial charge on any atom is -0.329 e. The van der Waals surface area contributed by atoms with E-state index in [2.05, 4.69) is 4.90 Å². The van der Waals surface area contributed by atoms with Crippen molar-refractivity contribution < 1.29 is 0 Å². The summed E-state index contributed by atoms with van der Waals surface area (Å²) in [5.41, 5.74) is 6.55. The third kappa shape index (κ3) is 1.62. The largest absolute Gasteiger partial charge is 0.329 e. The van der Waals surface area contributed by atoms with E-state index in [1.807, 2.05) is 0 Å². The van der Waals surface area contributed by atoms with Gasteiger partial charge in [-0.25, -0.2) is 0 Å². The Bertz CT molecular complexity index is 245. The molecule has 1 heterocycles. The fourth-order valence-corrected chi connectivity index (χ4v) is 4.68. The minimum atomic E-state index is 0.410. The lowest BCUT2D eigenvalue weighted by Gasteiger charge is -2.49. The monoisotopic (exact) mass is 222 g/mol. The molecule has 1 aliphatic heterocycles. The van der Waals surface area contributed by atoms with Gasteiger partial charge in [0.1, 0.15) is 0 Å². The van der Waals surface area contributed by atoms with Crippen LogP contribution in [0.4, 0.5) is 0 Å². The standard InChI is InChI=1S/C14H26N2/c15-11-14(8-1-2-9-14)16-10-4-6-12-5-3-7-13(12)16/h12-13H,1-11,15H2. The van der Waals surface area contributed by atoms with Gasteiger partial charge in [-0.3, -0.25) is 4.90 Å². The predicted molar refractivity (Wildman–Crippen MR) is 67.3 cm³/mol. The van der Waals surface area contributed by atoms with Crippen LogP contribution in [0.2, 0.25) is 0 Å². The molecule has 0 aromatic carbocycles. The molecule has 2 nitrogen and oxygen atoms in total. The summed E-state index contributed by atoms with van der Waals surface area (Å²) in [6.07, 6.45) is 12.9. The van der Waals surface area contributed by atoms with Crippen LogP contribution < -0.4 is 5.73 Å². The van der Waals surface area contributed by atoms with Gasteiger partial charge >= 0.3 is 0 Å². The summed E-state index contributed by atoms with van der Waals surface area (Å²) in [6, 6.07) is 0.899. The van der Waals surface area contributed by atoms with Gasteiger partial charge in [-0.05, 0) is 51.0 Å².